The van der Waals surface area contributed by atoms with Crippen LogP contribution in [0.15, 0.2) is 36.4 Å². The van der Waals surface area contributed by atoms with Crippen molar-refractivity contribution in [2.45, 2.75) is 6.54 Å². The minimum Gasteiger partial charge on any atom is -0.508 e. The van der Waals surface area contributed by atoms with Crippen LogP contribution in [0.3, 0.4) is 0 Å². The van der Waals surface area contributed by atoms with Gasteiger partial charge < -0.3 is 15.7 Å². The Morgan fingerprint density at radius 1 is 1.19 bits per heavy atom. The van der Waals surface area contributed by atoms with Gasteiger partial charge in [0.15, 0.2) is 0 Å². The highest BCUT2D eigenvalue weighted by atomic mass is 35.5. The maximum absolute atomic E-state index is 11.7. The van der Waals surface area contributed by atoms with Crippen LogP contribution in [0.2, 0.25) is 10.0 Å². The molecule has 2 aromatic rings. The minimum atomic E-state index is -0.255. The van der Waals surface area contributed by atoms with Crippen molar-refractivity contribution in [2.24, 2.45) is 0 Å². The van der Waals surface area contributed by atoms with Crippen LogP contribution in [0.5, 0.6) is 5.75 Å². The number of hydrogen-bond acceptors (Lipinski definition) is 3. The zero-order valence-corrected chi connectivity index (χ0v) is 12.8. The number of benzene rings is 2. The predicted octanol–water partition coefficient (Wildman–Crippen LogP) is 3.67. The van der Waals surface area contributed by atoms with Crippen molar-refractivity contribution in [1.82, 2.24) is 5.32 Å². The smallest absolute Gasteiger partial charge is 0.252 e. The second-order valence-electron chi connectivity index (χ2n) is 4.40. The molecule has 2 aromatic carbocycles. The maximum Gasteiger partial charge on any atom is 0.252 e. The summed E-state index contributed by atoms with van der Waals surface area (Å²) in [6.07, 6.45) is 0. The Kier molecular flexibility index (Phi) is 4.94. The van der Waals surface area contributed by atoms with Gasteiger partial charge in [-0.15, -0.1) is 0 Å². The Balaban J connectivity index is 2.17. The first-order valence-electron chi connectivity index (χ1n) is 6.24. The van der Waals surface area contributed by atoms with Gasteiger partial charge in [0.1, 0.15) is 5.75 Å². The van der Waals surface area contributed by atoms with Gasteiger partial charge in [-0.2, -0.15) is 0 Å². The average Bonchev–Trinajstić information content (AvgIpc) is 2.48. The third kappa shape index (κ3) is 3.80. The zero-order chi connectivity index (χ0) is 15.4. The molecule has 0 radical (unpaired) electrons. The molecule has 0 atom stereocenters. The van der Waals surface area contributed by atoms with Gasteiger partial charge in [-0.3, -0.25) is 4.79 Å². The number of phenols is 1. The molecule has 0 aliphatic carbocycles. The number of anilines is 1. The third-order valence-electron chi connectivity index (χ3n) is 2.96. The van der Waals surface area contributed by atoms with E-state index in [1.807, 2.05) is 0 Å². The van der Waals surface area contributed by atoms with E-state index in [-0.39, 0.29) is 11.7 Å². The quantitative estimate of drug-likeness (QED) is 0.804. The van der Waals surface area contributed by atoms with Crippen LogP contribution >= 0.6 is 23.2 Å². The van der Waals surface area contributed by atoms with E-state index in [1.54, 1.807) is 37.4 Å². The molecule has 0 spiro atoms. The van der Waals surface area contributed by atoms with Crippen LogP contribution < -0.4 is 10.6 Å². The van der Waals surface area contributed by atoms with Gasteiger partial charge in [-0.05, 0) is 36.4 Å². The molecule has 0 aromatic heterocycles. The molecular weight excluding hydrogens is 311 g/mol. The van der Waals surface area contributed by atoms with Crippen LogP contribution in [0.4, 0.5) is 5.69 Å². The number of carbonyl (C=O) groups excluding carboxylic acids is 1. The van der Waals surface area contributed by atoms with Crippen LogP contribution in [0, 0.1) is 0 Å². The highest BCUT2D eigenvalue weighted by molar-refractivity contribution is 6.34. The minimum absolute atomic E-state index is 0.160. The molecule has 2 rings (SSSR count). The number of amides is 1. The van der Waals surface area contributed by atoms with E-state index in [4.69, 9.17) is 23.2 Å². The summed E-state index contributed by atoms with van der Waals surface area (Å²) in [6.45, 7) is 0.376. The Morgan fingerprint density at radius 3 is 2.67 bits per heavy atom. The SMILES string of the molecule is CNC(=O)c1cc(NCc2cc(Cl)ccc2O)ccc1Cl. The highest BCUT2D eigenvalue weighted by Gasteiger charge is 2.10. The first-order chi connectivity index (χ1) is 10.0. The van der Waals surface area contributed by atoms with Crippen LogP contribution in [0.25, 0.3) is 0 Å². The zero-order valence-electron chi connectivity index (χ0n) is 11.3. The van der Waals surface area contributed by atoms with Crippen molar-refractivity contribution in [3.05, 3.63) is 57.6 Å². The van der Waals surface area contributed by atoms with Crippen molar-refractivity contribution >= 4 is 34.8 Å². The normalized spacial score (nSPS) is 10.2. The maximum atomic E-state index is 11.7. The van der Waals surface area contributed by atoms with Gasteiger partial charge in [0.05, 0.1) is 10.6 Å². The summed E-state index contributed by atoms with van der Waals surface area (Å²) >= 11 is 11.9. The van der Waals surface area contributed by atoms with Gasteiger partial charge in [0, 0.05) is 29.9 Å². The standard InChI is InChI=1S/C15H14Cl2N2O2/c1-18-15(21)12-7-11(3-4-13(12)17)19-8-9-6-10(16)2-5-14(9)20/h2-7,19-20H,8H2,1H3,(H,18,21). The molecule has 6 heteroatoms. The summed E-state index contributed by atoms with van der Waals surface area (Å²) in [6, 6.07) is 9.90. The lowest BCUT2D eigenvalue weighted by atomic mass is 10.1. The molecule has 0 saturated carbocycles. The third-order valence-corrected chi connectivity index (χ3v) is 3.53. The number of aromatic hydroxyl groups is 1. The van der Waals surface area contributed by atoms with Crippen LogP contribution in [-0.2, 0) is 6.54 Å². The summed E-state index contributed by atoms with van der Waals surface area (Å²) in [7, 11) is 1.54. The summed E-state index contributed by atoms with van der Waals surface area (Å²) in [5.41, 5.74) is 1.77. The summed E-state index contributed by atoms with van der Waals surface area (Å²) < 4.78 is 0. The molecule has 0 fully saturated rings. The van der Waals surface area contributed by atoms with E-state index < -0.39 is 0 Å². The molecule has 110 valence electrons. The molecular formula is C15H14Cl2N2O2. The van der Waals surface area contributed by atoms with E-state index in [0.717, 1.165) is 5.69 Å². The fourth-order valence-electron chi connectivity index (χ4n) is 1.84. The first kappa shape index (κ1) is 15.5. The molecule has 4 nitrogen and oxygen atoms in total. The van der Waals surface area contributed by atoms with Crippen molar-refractivity contribution in [3.63, 3.8) is 0 Å². The Bertz CT molecular complexity index is 675. The molecule has 3 N–H and O–H groups in total. The van der Waals surface area contributed by atoms with Gasteiger partial charge in [-0.1, -0.05) is 23.2 Å². The van der Waals surface area contributed by atoms with E-state index in [1.165, 1.54) is 6.07 Å². The lowest BCUT2D eigenvalue weighted by molar-refractivity contribution is 0.0963. The highest BCUT2D eigenvalue weighted by Crippen LogP contribution is 2.24. The molecule has 0 unspecified atom stereocenters. The summed E-state index contributed by atoms with van der Waals surface area (Å²) in [5, 5.41) is 16.3. The van der Waals surface area contributed by atoms with Crippen LogP contribution in [0.1, 0.15) is 15.9 Å². The molecule has 21 heavy (non-hydrogen) atoms. The van der Waals surface area contributed by atoms with Crippen molar-refractivity contribution in [2.75, 3.05) is 12.4 Å². The largest absolute Gasteiger partial charge is 0.508 e. The van der Waals surface area contributed by atoms with Gasteiger partial charge in [0.2, 0.25) is 0 Å². The second kappa shape index (κ2) is 6.70. The first-order valence-corrected chi connectivity index (χ1v) is 6.99. The molecule has 1 amide bonds. The Morgan fingerprint density at radius 2 is 1.95 bits per heavy atom. The van der Waals surface area contributed by atoms with E-state index in [0.29, 0.717) is 27.7 Å². The molecule has 0 aliphatic rings. The fraction of sp³-hybridized carbons (Fsp3) is 0.133. The number of rotatable bonds is 4. The second-order valence-corrected chi connectivity index (χ2v) is 5.24. The molecule has 0 heterocycles. The van der Waals surface area contributed by atoms with Crippen molar-refractivity contribution < 1.29 is 9.90 Å². The number of nitrogens with one attached hydrogen (secondary N) is 2. The van der Waals surface area contributed by atoms with E-state index in [2.05, 4.69) is 10.6 Å². The lowest BCUT2D eigenvalue weighted by Gasteiger charge is -2.11. The fourth-order valence-corrected chi connectivity index (χ4v) is 2.23. The van der Waals surface area contributed by atoms with Gasteiger partial charge in [-0.25, -0.2) is 0 Å². The molecule has 0 saturated heterocycles. The topological polar surface area (TPSA) is 61.4 Å². The predicted molar refractivity (Wildman–Crippen MR) is 85.3 cm³/mol. The summed E-state index contributed by atoms with van der Waals surface area (Å²) in [5.74, 6) is -0.0957. The van der Waals surface area contributed by atoms with Crippen molar-refractivity contribution in [3.8, 4) is 5.75 Å². The summed E-state index contributed by atoms with van der Waals surface area (Å²) in [4.78, 5) is 11.7. The number of phenolic OH excluding ortho intramolecular Hbond substituents is 1. The Hall–Kier alpha value is -1.91. The van der Waals surface area contributed by atoms with Gasteiger partial charge in [0.25, 0.3) is 5.91 Å². The Labute approximate surface area is 132 Å². The average molecular weight is 325 g/mol. The van der Waals surface area contributed by atoms with E-state index in [9.17, 15) is 9.90 Å². The van der Waals surface area contributed by atoms with Crippen molar-refractivity contribution in [1.29, 1.82) is 0 Å². The van der Waals surface area contributed by atoms with E-state index >= 15 is 0 Å². The number of halogens is 2. The number of carbonyl (C=O) groups is 1. The molecule has 0 bridgehead atoms. The molecule has 0 aliphatic heterocycles. The monoisotopic (exact) mass is 324 g/mol. The van der Waals surface area contributed by atoms with Gasteiger partial charge >= 0.3 is 0 Å². The van der Waals surface area contributed by atoms with Crippen LogP contribution in [-0.4, -0.2) is 18.1 Å². The number of hydrogen-bond donors (Lipinski definition) is 3. The lowest BCUT2D eigenvalue weighted by Crippen LogP contribution is -2.18.